The summed E-state index contributed by atoms with van der Waals surface area (Å²) in [4.78, 5) is 30.6. The van der Waals surface area contributed by atoms with Crippen LogP contribution in [0.15, 0.2) is 73.5 Å². The highest BCUT2D eigenvalue weighted by molar-refractivity contribution is 7.99. The fourth-order valence-electron chi connectivity index (χ4n) is 10.6. The van der Waals surface area contributed by atoms with Crippen molar-refractivity contribution in [1.82, 2.24) is 67.9 Å². The minimum absolute atomic E-state index is 0.0498. The van der Waals surface area contributed by atoms with E-state index in [9.17, 15) is 39.6 Å². The molecule has 17 aliphatic heterocycles. The van der Waals surface area contributed by atoms with Gasteiger partial charge in [-0.15, -0.1) is 0 Å². The molecule has 0 saturated carbocycles. The molecule has 16 saturated heterocycles. The molecule has 0 bridgehead atoms. The minimum atomic E-state index is -3.20. The summed E-state index contributed by atoms with van der Waals surface area (Å²) in [6.07, 6.45) is 35.3. The quantitative estimate of drug-likeness (QED) is 0.115. The second-order valence-electron chi connectivity index (χ2n) is 27.4. The number of fused-ring (bicyclic) bond motifs is 1. The first-order valence-electron chi connectivity index (χ1n) is 57.6. The Morgan fingerprint density at radius 2 is 0.601 bits per heavy atom. The van der Waals surface area contributed by atoms with E-state index in [1.54, 1.807) is 0 Å². The van der Waals surface area contributed by atoms with Crippen molar-refractivity contribution in [2.24, 2.45) is 0 Å². The van der Waals surface area contributed by atoms with Crippen LogP contribution in [0.5, 0.6) is 11.5 Å². The number of amides is 4. The molecule has 870 valence electrons. The summed E-state index contributed by atoms with van der Waals surface area (Å²) in [5.74, 6) is 6.31. The molecule has 0 atom stereocenters. The van der Waals surface area contributed by atoms with Crippen LogP contribution >= 0.6 is 11.8 Å². The first-order valence-corrected chi connectivity index (χ1v) is 63.9. The Balaban J connectivity index is -0.0000000842. The van der Waals surface area contributed by atoms with Gasteiger partial charge >= 0.3 is 6.03 Å². The predicted octanol–water partition coefficient (Wildman–Crippen LogP) is 24.9. The van der Waals surface area contributed by atoms with E-state index in [2.05, 4.69) is 101 Å². The van der Waals surface area contributed by atoms with E-state index in [0.29, 0.717) is 50.0 Å². The van der Waals surface area contributed by atoms with E-state index in [0.717, 1.165) is 140 Å². The third-order valence-corrected chi connectivity index (χ3v) is 22.9. The van der Waals surface area contributed by atoms with Crippen molar-refractivity contribution in [3.05, 3.63) is 73.5 Å². The van der Waals surface area contributed by atoms with Crippen molar-refractivity contribution < 1.29 is 68.1 Å². The molecule has 28 nitrogen and oxygen atoms in total. The van der Waals surface area contributed by atoms with Crippen LogP contribution in [-0.2, 0) is 58.4 Å². The van der Waals surface area contributed by atoms with Gasteiger partial charge in [0.2, 0.25) is 31.9 Å². The summed E-state index contributed by atoms with van der Waals surface area (Å²) in [7, 11) is -8.54. The van der Waals surface area contributed by atoms with Crippen LogP contribution in [0.25, 0.3) is 0 Å². The number of thioether (sulfide) groups is 1. The van der Waals surface area contributed by atoms with Crippen LogP contribution in [-0.4, -0.2) is 242 Å². The molecule has 4 amide bonds. The fraction of sp³-hybridized carbons (Fsp3) is 0.847. The molecule has 0 aromatic heterocycles. The summed E-state index contributed by atoms with van der Waals surface area (Å²) in [5.41, 5.74) is 2.80. The topological polar surface area (TPSA) is 365 Å². The lowest BCUT2D eigenvalue weighted by Gasteiger charge is -2.17. The summed E-state index contributed by atoms with van der Waals surface area (Å²) in [5, 5.41) is 32.9. The van der Waals surface area contributed by atoms with Crippen LogP contribution in [0.2, 0.25) is 0 Å². The number of rotatable bonds is 0. The zero-order valence-corrected chi connectivity index (χ0v) is 104. The van der Waals surface area contributed by atoms with Gasteiger partial charge in [-0.3, -0.25) is 14.3 Å². The summed E-state index contributed by atoms with van der Waals surface area (Å²) >= 11 is 2.07. The molecule has 17 aliphatic rings. The summed E-state index contributed by atoms with van der Waals surface area (Å²) < 4.78 is 97.1. The number of urea groups is 1. The van der Waals surface area contributed by atoms with Crippen LogP contribution in [0.3, 0.4) is 0 Å². The number of ether oxygens (including phenoxy) is 6. The minimum Gasteiger partial charge on any atom is -0.486 e. The predicted molar refractivity (Wildman–Crippen MR) is 637 cm³/mol. The maximum atomic E-state index is 10.4. The van der Waals surface area contributed by atoms with Crippen LogP contribution in [0.1, 0.15) is 422 Å². The third-order valence-electron chi connectivity index (χ3n) is 17.2. The Bertz CT molecular complexity index is 2510. The standard InChI is InChI=1S/C8H8O2.C6H13N.C6H12O.C5H7NO.C5H9N.C5H11N.C5H10O.C4H6N2O.C4H8N2.C4H9NO.C4H9N.C4H8O2S.C4H8O.C4H8S.C3H5NO3S.C3H7NO2S.C3H7N.17C2H6/c1-2-4-8-7(3-1)9-5-6-10-8;2*1-2-4-6-7-5-3-1;1-4-2-3-5(7)6-4;1-5-3-2-4-6-5;2*1-2-4-6-5-3-1;1-3-2-5-4(7)6-3;1-4-5-2-3-6-4;1-3-6-4-2-5-1;1-2-4-5-3-1;5-7(6)3-1-2-4-7;2*1-2-4-5-3-1;5-3-1-2-8(6,7)4-3;5-7(6)3-1-2-4-7;1-2-4-3-1;17*1-2/h1-4H,5-6H2;7H,1-6H2;1-6H2;1-3H2,(H,6,7);6H,1-4H2;6H,1-5H2;1-5H2;1-2H2,(H2,5,6,7);5-6H,1-3H2;5H,1-4H2;5H,1-4H2;1-4H2;2*1-4H2;1-2H2,(H,4,5);4H,1-3H2;4H,1-3H2;17*1-2H3. The second-order valence-corrected chi connectivity index (χ2v) is 34.7. The van der Waals surface area contributed by atoms with Gasteiger partial charge in [-0.25, -0.2) is 34.8 Å². The van der Waals surface area contributed by atoms with Gasteiger partial charge in [0.05, 0.1) is 48.6 Å². The number of hydrogen-bond donors (Lipinski definition) is 13. The monoisotopic (exact) mass is 2130 g/mol. The number of hydrogen-bond acceptors (Lipinski definition) is 24. The maximum Gasteiger partial charge on any atom is 0.319 e. The molecular weight excluding hydrogens is 1880 g/mol. The number of nitrogens with one attached hydrogen (secondary N) is 13. The molecule has 0 unspecified atom stereocenters. The van der Waals surface area contributed by atoms with Crippen molar-refractivity contribution in [3.63, 3.8) is 0 Å². The first-order chi connectivity index (χ1) is 69.8. The highest BCUT2D eigenvalue weighted by atomic mass is 32.2. The molecule has 0 spiro atoms. The van der Waals surface area contributed by atoms with Gasteiger partial charge in [0.15, 0.2) is 11.5 Å². The SMILES string of the molecule is C1CCCNCC1.C1CCCOCC1.C1CCNC1.C1CCNCC1.C1CCOC1.C1CCOCC1.C1CCSC1.C1CNC1.C1COCCN1.C=C1CCC(=O)N1.C=C1CCCN1.C=C1CNC(=O)N1.C=C1NCCN1.CC.CC.CC.CC.CC.CC.CC.CC.CC.CC.CC.CC.CC.CC.CC.CC.CC.O=C1CCS(=O)(=O)N1.O=S1(=O)CCCC1.O=S1(=O)CCCN1.c1ccc2c(c1)OCCO2. The van der Waals surface area contributed by atoms with Gasteiger partial charge in [0, 0.05) is 109 Å². The van der Waals surface area contributed by atoms with Crippen molar-refractivity contribution >= 4 is 59.5 Å². The van der Waals surface area contributed by atoms with Gasteiger partial charge in [-0.2, -0.15) is 11.8 Å². The molecule has 18 rings (SSSR count). The number of piperidine rings is 1. The molecule has 0 radical (unpaired) electrons. The van der Waals surface area contributed by atoms with E-state index in [1.165, 1.54) is 217 Å². The van der Waals surface area contributed by atoms with E-state index in [-0.39, 0.29) is 24.1 Å². The number of sulfonamides is 2. The van der Waals surface area contributed by atoms with Gasteiger partial charge < -0.3 is 86.9 Å². The maximum absolute atomic E-state index is 10.4. The van der Waals surface area contributed by atoms with Crippen molar-refractivity contribution in [2.45, 2.75) is 422 Å². The van der Waals surface area contributed by atoms with Gasteiger partial charge in [-0.05, 0) is 217 Å². The number of morpholine rings is 1. The zero-order valence-electron chi connectivity index (χ0n) is 100. The highest BCUT2D eigenvalue weighted by Gasteiger charge is 2.23. The molecule has 0 aliphatic carbocycles. The van der Waals surface area contributed by atoms with Gasteiger partial charge in [0.1, 0.15) is 23.1 Å². The largest absolute Gasteiger partial charge is 0.486 e. The van der Waals surface area contributed by atoms with Crippen molar-refractivity contribution in [3.8, 4) is 11.5 Å². The number of benzene rings is 1. The van der Waals surface area contributed by atoms with Crippen LogP contribution in [0, 0.1) is 0 Å². The zero-order chi connectivity index (χ0) is 113. The highest BCUT2D eigenvalue weighted by Crippen LogP contribution is 2.28. The van der Waals surface area contributed by atoms with Gasteiger partial charge in [-0.1, -0.05) is 306 Å². The average molecular weight is 2130 g/mol. The normalized spacial score (nSPS) is 18.1. The lowest BCUT2D eigenvalue weighted by Crippen LogP contribution is -2.30. The summed E-state index contributed by atoms with van der Waals surface area (Å²) in [6, 6.07) is 7.55. The Morgan fingerprint density at radius 3 is 0.762 bits per heavy atom. The Morgan fingerprint density at radius 1 is 0.266 bits per heavy atom. The third kappa shape index (κ3) is 160. The van der Waals surface area contributed by atoms with Crippen molar-refractivity contribution in [2.75, 3.05) is 199 Å². The fourth-order valence-corrected chi connectivity index (χ4v) is 15.3. The molecule has 13 N–H and O–H groups in total. The molecule has 32 heteroatoms. The Labute approximate surface area is 895 Å². The first kappa shape index (κ1) is 174. The van der Waals surface area contributed by atoms with E-state index in [1.807, 2.05) is 264 Å². The molecule has 16 fully saturated rings. The molecule has 1 aromatic carbocycles. The van der Waals surface area contributed by atoms with Crippen LogP contribution < -0.4 is 77.4 Å². The van der Waals surface area contributed by atoms with E-state index in [4.69, 9.17) is 28.4 Å². The smallest absolute Gasteiger partial charge is 0.319 e. The van der Waals surface area contributed by atoms with E-state index >= 15 is 0 Å². The number of carbonyl (C=O) groups is 3. The molecular formula is C111H247N13O15S4. The van der Waals surface area contributed by atoms with E-state index < -0.39 is 35.8 Å². The molecule has 143 heavy (non-hydrogen) atoms. The average Bonchev–Trinajstić information content (AvgIpc) is 1.38. The Kier molecular flexibility index (Phi) is 201. The summed E-state index contributed by atoms with van der Waals surface area (Å²) in [6.45, 7) is 108. The molecule has 1 aromatic rings. The van der Waals surface area contributed by atoms with Crippen molar-refractivity contribution in [1.29, 1.82) is 0 Å². The lowest BCUT2D eigenvalue weighted by atomic mass is 10.2. The number of para-hydroxylation sites is 2. The number of carbonyl (C=O) groups excluding carboxylic acids is 3. The van der Waals surface area contributed by atoms with Gasteiger partial charge in [0.25, 0.3) is 0 Å². The lowest BCUT2D eigenvalue weighted by molar-refractivity contribution is -0.119. The van der Waals surface area contributed by atoms with Crippen LogP contribution in [0.4, 0.5) is 4.79 Å². The number of sulfone groups is 1. The second kappa shape index (κ2) is 165. The Hall–Kier alpha value is -4.81. The number of allylic oxidation sites excluding steroid dienone is 2. The molecule has 17 heterocycles.